The SMILES string of the molecule is CC(C)(NC(=O)C(Cc1ccc(OCc2ccccc2)cc1)NC(=O)CCc1ccc(O)cc1)C(N)=O. The molecule has 0 heterocycles. The van der Waals surface area contributed by atoms with Gasteiger partial charge in [-0.05, 0) is 61.2 Å². The van der Waals surface area contributed by atoms with Crippen molar-refractivity contribution in [1.29, 1.82) is 0 Å². The van der Waals surface area contributed by atoms with E-state index in [0.717, 1.165) is 16.7 Å². The highest BCUT2D eigenvalue weighted by atomic mass is 16.5. The highest BCUT2D eigenvalue weighted by molar-refractivity contribution is 5.93. The van der Waals surface area contributed by atoms with Gasteiger partial charge in [0.1, 0.15) is 29.7 Å². The fraction of sp³-hybridized carbons (Fsp3) is 0.276. The minimum atomic E-state index is -1.28. The number of nitrogens with two attached hydrogens (primary N) is 1. The second kappa shape index (κ2) is 12.6. The van der Waals surface area contributed by atoms with Crippen molar-refractivity contribution >= 4 is 17.7 Å². The molecule has 0 aromatic heterocycles. The molecule has 0 spiro atoms. The second-order valence-electron chi connectivity index (χ2n) is 9.39. The first-order valence-corrected chi connectivity index (χ1v) is 12.1. The Kier molecular flexibility index (Phi) is 9.27. The van der Waals surface area contributed by atoms with Gasteiger partial charge in [0.15, 0.2) is 0 Å². The molecular formula is C29H33N3O5. The third kappa shape index (κ3) is 8.68. The summed E-state index contributed by atoms with van der Waals surface area (Å²) in [5.41, 5.74) is 6.88. The molecule has 0 saturated heterocycles. The Morgan fingerprint density at radius 2 is 1.51 bits per heavy atom. The molecule has 1 unspecified atom stereocenters. The van der Waals surface area contributed by atoms with Gasteiger partial charge in [0.05, 0.1) is 0 Å². The summed E-state index contributed by atoms with van der Waals surface area (Å²) in [5, 5.41) is 14.8. The van der Waals surface area contributed by atoms with Gasteiger partial charge in [-0.3, -0.25) is 14.4 Å². The summed E-state index contributed by atoms with van der Waals surface area (Å²) >= 11 is 0. The molecule has 0 radical (unpaired) electrons. The van der Waals surface area contributed by atoms with E-state index in [2.05, 4.69) is 10.6 Å². The summed E-state index contributed by atoms with van der Waals surface area (Å²) in [6, 6.07) is 22.8. The molecule has 0 saturated carbocycles. The molecule has 37 heavy (non-hydrogen) atoms. The third-order valence-corrected chi connectivity index (χ3v) is 5.89. The van der Waals surface area contributed by atoms with Crippen molar-refractivity contribution in [2.45, 2.75) is 51.3 Å². The molecule has 3 aromatic rings. The van der Waals surface area contributed by atoms with Crippen LogP contribution in [-0.2, 0) is 33.8 Å². The number of nitrogens with one attached hydrogen (secondary N) is 2. The molecule has 1 atom stereocenters. The largest absolute Gasteiger partial charge is 0.508 e. The van der Waals surface area contributed by atoms with Crippen LogP contribution in [0.3, 0.4) is 0 Å². The highest BCUT2D eigenvalue weighted by Crippen LogP contribution is 2.16. The number of aryl methyl sites for hydroxylation is 1. The van der Waals surface area contributed by atoms with Crippen molar-refractivity contribution in [2.24, 2.45) is 5.73 Å². The van der Waals surface area contributed by atoms with Crippen molar-refractivity contribution < 1.29 is 24.2 Å². The second-order valence-corrected chi connectivity index (χ2v) is 9.39. The lowest BCUT2D eigenvalue weighted by molar-refractivity contribution is -0.133. The molecule has 5 N–H and O–H groups in total. The number of aromatic hydroxyl groups is 1. The summed E-state index contributed by atoms with van der Waals surface area (Å²) in [5.74, 6) is -0.669. The van der Waals surface area contributed by atoms with Gasteiger partial charge in [-0.25, -0.2) is 0 Å². The van der Waals surface area contributed by atoms with Crippen LogP contribution in [0.4, 0.5) is 0 Å². The van der Waals surface area contributed by atoms with Crippen molar-refractivity contribution in [1.82, 2.24) is 10.6 Å². The van der Waals surface area contributed by atoms with Gasteiger partial charge in [0.25, 0.3) is 0 Å². The van der Waals surface area contributed by atoms with Crippen LogP contribution in [0.15, 0.2) is 78.9 Å². The summed E-state index contributed by atoms with van der Waals surface area (Å²) in [6.45, 7) is 3.45. The fourth-order valence-electron chi connectivity index (χ4n) is 3.55. The molecule has 0 aliphatic heterocycles. The average Bonchev–Trinajstić information content (AvgIpc) is 2.88. The Balaban J connectivity index is 1.65. The fourth-order valence-corrected chi connectivity index (χ4v) is 3.55. The van der Waals surface area contributed by atoms with Gasteiger partial charge < -0.3 is 26.2 Å². The first-order chi connectivity index (χ1) is 17.6. The van der Waals surface area contributed by atoms with E-state index in [-0.39, 0.29) is 24.5 Å². The van der Waals surface area contributed by atoms with E-state index in [4.69, 9.17) is 10.5 Å². The lowest BCUT2D eigenvalue weighted by Gasteiger charge is -2.26. The maximum absolute atomic E-state index is 13.1. The Bertz CT molecular complexity index is 1190. The number of phenols is 1. The van der Waals surface area contributed by atoms with E-state index in [1.165, 1.54) is 13.8 Å². The van der Waals surface area contributed by atoms with Crippen LogP contribution in [0.2, 0.25) is 0 Å². The van der Waals surface area contributed by atoms with Crippen LogP contribution >= 0.6 is 0 Å². The number of carbonyl (C=O) groups excluding carboxylic acids is 3. The summed E-state index contributed by atoms with van der Waals surface area (Å²) < 4.78 is 5.82. The van der Waals surface area contributed by atoms with Crippen molar-refractivity contribution in [2.75, 3.05) is 0 Å². The zero-order chi connectivity index (χ0) is 26.8. The monoisotopic (exact) mass is 503 g/mol. The molecule has 3 amide bonds. The number of phenolic OH excluding ortho intramolecular Hbond substituents is 1. The molecule has 0 fully saturated rings. The Labute approximate surface area is 216 Å². The van der Waals surface area contributed by atoms with Crippen molar-refractivity contribution in [3.8, 4) is 11.5 Å². The molecule has 3 rings (SSSR count). The van der Waals surface area contributed by atoms with E-state index >= 15 is 0 Å². The molecule has 0 aliphatic carbocycles. The van der Waals surface area contributed by atoms with Gasteiger partial charge >= 0.3 is 0 Å². The average molecular weight is 504 g/mol. The molecule has 3 aromatic carbocycles. The maximum Gasteiger partial charge on any atom is 0.243 e. The smallest absolute Gasteiger partial charge is 0.243 e. The predicted octanol–water partition coefficient (Wildman–Crippen LogP) is 3.01. The summed E-state index contributed by atoms with van der Waals surface area (Å²) in [4.78, 5) is 37.5. The van der Waals surface area contributed by atoms with Gasteiger partial charge in [0.2, 0.25) is 17.7 Å². The number of carbonyl (C=O) groups is 3. The van der Waals surface area contributed by atoms with Crippen LogP contribution in [0.25, 0.3) is 0 Å². The van der Waals surface area contributed by atoms with E-state index in [1.54, 1.807) is 24.3 Å². The summed E-state index contributed by atoms with van der Waals surface area (Å²) in [7, 11) is 0. The van der Waals surface area contributed by atoms with Crippen LogP contribution in [-0.4, -0.2) is 34.4 Å². The Morgan fingerprint density at radius 1 is 0.892 bits per heavy atom. The number of hydrogen-bond donors (Lipinski definition) is 4. The van der Waals surface area contributed by atoms with Crippen LogP contribution in [0.1, 0.15) is 37.0 Å². The quantitative estimate of drug-likeness (QED) is 0.302. The van der Waals surface area contributed by atoms with Crippen LogP contribution in [0, 0.1) is 0 Å². The molecule has 8 nitrogen and oxygen atoms in total. The van der Waals surface area contributed by atoms with E-state index in [0.29, 0.717) is 18.8 Å². The lowest BCUT2D eigenvalue weighted by atomic mass is 10.0. The first kappa shape index (κ1) is 27.3. The van der Waals surface area contributed by atoms with Gasteiger partial charge in [-0.1, -0.05) is 54.6 Å². The number of amides is 3. The number of rotatable bonds is 12. The zero-order valence-electron chi connectivity index (χ0n) is 21.1. The highest BCUT2D eigenvalue weighted by Gasteiger charge is 2.31. The van der Waals surface area contributed by atoms with Crippen molar-refractivity contribution in [3.63, 3.8) is 0 Å². The van der Waals surface area contributed by atoms with Crippen LogP contribution in [0.5, 0.6) is 11.5 Å². The number of primary amides is 1. The zero-order valence-corrected chi connectivity index (χ0v) is 21.1. The number of benzene rings is 3. The number of ether oxygens (including phenoxy) is 1. The standard InChI is InChI=1S/C29H33N3O5/c1-29(2,28(30)36)32-27(35)25(31-26(34)17-12-20-8-13-23(33)14-9-20)18-21-10-15-24(16-11-21)37-19-22-6-4-3-5-7-22/h3-11,13-16,25,33H,12,17-19H2,1-2H3,(H2,30,36)(H,31,34)(H,32,35). The normalized spacial score (nSPS) is 11.8. The van der Waals surface area contributed by atoms with E-state index in [9.17, 15) is 19.5 Å². The Morgan fingerprint density at radius 3 is 2.14 bits per heavy atom. The van der Waals surface area contributed by atoms with Gasteiger partial charge in [-0.2, -0.15) is 0 Å². The van der Waals surface area contributed by atoms with Crippen LogP contribution < -0.4 is 21.1 Å². The first-order valence-electron chi connectivity index (χ1n) is 12.1. The van der Waals surface area contributed by atoms with Gasteiger partial charge in [-0.15, -0.1) is 0 Å². The predicted molar refractivity (Wildman–Crippen MR) is 141 cm³/mol. The topological polar surface area (TPSA) is 131 Å². The number of hydrogen-bond acceptors (Lipinski definition) is 5. The minimum Gasteiger partial charge on any atom is -0.508 e. The minimum absolute atomic E-state index is 0.151. The molecular weight excluding hydrogens is 470 g/mol. The summed E-state index contributed by atoms with van der Waals surface area (Å²) in [6.07, 6.45) is 0.811. The Hall–Kier alpha value is -4.33. The van der Waals surface area contributed by atoms with Crippen molar-refractivity contribution in [3.05, 3.63) is 95.6 Å². The maximum atomic E-state index is 13.1. The van der Waals surface area contributed by atoms with Gasteiger partial charge in [0, 0.05) is 12.8 Å². The third-order valence-electron chi connectivity index (χ3n) is 5.89. The molecule has 0 bridgehead atoms. The molecule has 194 valence electrons. The molecule has 8 heteroatoms. The van der Waals surface area contributed by atoms with E-state index < -0.39 is 23.4 Å². The molecule has 0 aliphatic rings. The lowest BCUT2D eigenvalue weighted by Crippen LogP contribution is -2.58. The van der Waals surface area contributed by atoms with E-state index in [1.807, 2.05) is 54.6 Å².